The van der Waals surface area contributed by atoms with E-state index in [1.807, 2.05) is 18.4 Å². The summed E-state index contributed by atoms with van der Waals surface area (Å²) in [5, 5.41) is 2.65. The third kappa shape index (κ3) is 2.74. The van der Waals surface area contributed by atoms with Crippen molar-refractivity contribution < 1.29 is 13.9 Å². The average Bonchev–Trinajstić information content (AvgIpc) is 2.87. The van der Waals surface area contributed by atoms with E-state index in [1.165, 1.54) is 11.3 Å². The predicted octanol–water partition coefficient (Wildman–Crippen LogP) is 2.82. The van der Waals surface area contributed by atoms with Gasteiger partial charge in [-0.25, -0.2) is 4.98 Å². The van der Waals surface area contributed by atoms with E-state index in [2.05, 4.69) is 4.98 Å². The lowest BCUT2D eigenvalue weighted by Crippen LogP contribution is -2.07. The van der Waals surface area contributed by atoms with Crippen molar-refractivity contribution in [3.8, 4) is 10.8 Å². The van der Waals surface area contributed by atoms with E-state index in [0.29, 0.717) is 6.61 Å². The molecule has 0 aliphatic rings. The lowest BCUT2D eigenvalue weighted by Gasteiger charge is -1.97. The Hall–Kier alpha value is -1.62. The van der Waals surface area contributed by atoms with Gasteiger partial charge >= 0.3 is 5.97 Å². The topological polar surface area (TPSA) is 52.3 Å². The number of esters is 1. The molecule has 0 saturated carbocycles. The first kappa shape index (κ1) is 11.9. The van der Waals surface area contributed by atoms with E-state index in [-0.39, 0.29) is 12.4 Å². The van der Waals surface area contributed by atoms with Crippen molar-refractivity contribution in [2.75, 3.05) is 6.61 Å². The number of aryl methyl sites for hydroxylation is 1. The van der Waals surface area contributed by atoms with Gasteiger partial charge < -0.3 is 9.15 Å². The number of nitrogens with zero attached hydrogens (tertiary/aromatic N) is 1. The molecule has 2 rings (SSSR count). The van der Waals surface area contributed by atoms with Crippen molar-refractivity contribution in [2.45, 2.75) is 20.3 Å². The lowest BCUT2D eigenvalue weighted by atomic mass is 10.3. The maximum Gasteiger partial charge on any atom is 0.311 e. The normalized spacial score (nSPS) is 10.5. The molecule has 0 aliphatic carbocycles. The molecule has 0 N–H and O–H groups in total. The summed E-state index contributed by atoms with van der Waals surface area (Å²) in [7, 11) is 0. The van der Waals surface area contributed by atoms with Crippen molar-refractivity contribution in [1.82, 2.24) is 4.98 Å². The molecule has 0 bridgehead atoms. The molecular formula is C12H13NO3S. The number of rotatable bonds is 4. The van der Waals surface area contributed by atoms with Gasteiger partial charge in [0.05, 0.1) is 25.0 Å². The fraction of sp³-hybridized carbons (Fsp3) is 0.333. The molecule has 2 aromatic heterocycles. The average molecular weight is 251 g/mol. The molecule has 17 heavy (non-hydrogen) atoms. The zero-order valence-electron chi connectivity index (χ0n) is 9.73. The van der Waals surface area contributed by atoms with Gasteiger partial charge in [0.25, 0.3) is 0 Å². The second-order valence-electron chi connectivity index (χ2n) is 3.56. The highest BCUT2D eigenvalue weighted by molar-refractivity contribution is 7.13. The van der Waals surface area contributed by atoms with Crippen LogP contribution in [0.4, 0.5) is 0 Å². The Kier molecular flexibility index (Phi) is 3.58. The molecule has 0 atom stereocenters. The molecule has 0 radical (unpaired) electrons. The predicted molar refractivity (Wildman–Crippen MR) is 64.9 cm³/mol. The standard InChI is InChI=1S/C12H13NO3S/c1-3-15-10(14)6-9-7-17-12(13-9)11-8(2)4-5-16-11/h4-5,7H,3,6H2,1-2H3. The van der Waals surface area contributed by atoms with E-state index >= 15 is 0 Å². The van der Waals surface area contributed by atoms with Crippen LogP contribution in [-0.4, -0.2) is 17.6 Å². The highest BCUT2D eigenvalue weighted by atomic mass is 32.1. The van der Waals surface area contributed by atoms with Crippen molar-refractivity contribution in [3.05, 3.63) is 29.0 Å². The summed E-state index contributed by atoms with van der Waals surface area (Å²) in [6.07, 6.45) is 1.85. The Bertz CT molecular complexity index is 515. The van der Waals surface area contributed by atoms with Crippen LogP contribution < -0.4 is 0 Å². The summed E-state index contributed by atoms with van der Waals surface area (Å²) < 4.78 is 10.2. The van der Waals surface area contributed by atoms with Gasteiger partial charge in [-0.3, -0.25) is 4.79 Å². The third-order valence-electron chi connectivity index (χ3n) is 2.24. The number of ether oxygens (including phenoxy) is 1. The summed E-state index contributed by atoms with van der Waals surface area (Å²) in [5.41, 5.74) is 1.77. The molecule has 0 aliphatic heterocycles. The molecule has 2 heterocycles. The smallest absolute Gasteiger partial charge is 0.311 e. The van der Waals surface area contributed by atoms with Crippen LogP contribution in [0.1, 0.15) is 18.2 Å². The first-order valence-electron chi connectivity index (χ1n) is 5.35. The van der Waals surface area contributed by atoms with Gasteiger partial charge in [0, 0.05) is 5.38 Å². The lowest BCUT2D eigenvalue weighted by molar-refractivity contribution is -0.142. The number of carbonyl (C=O) groups is 1. The van der Waals surface area contributed by atoms with E-state index in [1.54, 1.807) is 13.2 Å². The van der Waals surface area contributed by atoms with Gasteiger partial charge in [0.1, 0.15) is 0 Å². The summed E-state index contributed by atoms with van der Waals surface area (Å²) in [6.45, 7) is 4.15. The zero-order valence-corrected chi connectivity index (χ0v) is 10.5. The molecule has 0 fully saturated rings. The highest BCUT2D eigenvalue weighted by Gasteiger charge is 2.12. The molecule has 90 valence electrons. The minimum absolute atomic E-state index is 0.212. The van der Waals surface area contributed by atoms with Gasteiger partial charge in [-0.2, -0.15) is 0 Å². The summed E-state index contributed by atoms with van der Waals surface area (Å²) in [5.74, 6) is 0.519. The van der Waals surface area contributed by atoms with Crippen LogP contribution in [0.15, 0.2) is 22.1 Å². The fourth-order valence-corrected chi connectivity index (χ4v) is 2.31. The highest BCUT2D eigenvalue weighted by Crippen LogP contribution is 2.27. The summed E-state index contributed by atoms with van der Waals surface area (Å²) in [6, 6.07) is 1.89. The van der Waals surface area contributed by atoms with Crippen LogP contribution in [0, 0.1) is 6.92 Å². The quantitative estimate of drug-likeness (QED) is 0.784. The second-order valence-corrected chi connectivity index (χ2v) is 4.42. The third-order valence-corrected chi connectivity index (χ3v) is 3.13. The zero-order chi connectivity index (χ0) is 12.3. The molecule has 0 aromatic carbocycles. The van der Waals surface area contributed by atoms with E-state index < -0.39 is 0 Å². The van der Waals surface area contributed by atoms with Crippen molar-refractivity contribution in [3.63, 3.8) is 0 Å². The Morgan fingerprint density at radius 2 is 2.41 bits per heavy atom. The monoisotopic (exact) mass is 251 g/mol. The molecule has 4 nitrogen and oxygen atoms in total. The van der Waals surface area contributed by atoms with Crippen molar-refractivity contribution >= 4 is 17.3 Å². The second kappa shape index (κ2) is 5.14. The number of carbonyl (C=O) groups excluding carboxylic acids is 1. The van der Waals surface area contributed by atoms with Crippen LogP contribution in [0.3, 0.4) is 0 Å². The molecule has 5 heteroatoms. The van der Waals surface area contributed by atoms with Crippen LogP contribution in [-0.2, 0) is 16.0 Å². The Balaban J connectivity index is 2.11. The minimum atomic E-state index is -0.250. The molecule has 0 saturated heterocycles. The van der Waals surface area contributed by atoms with Gasteiger partial charge in [-0.1, -0.05) is 0 Å². The van der Waals surface area contributed by atoms with Gasteiger partial charge in [-0.15, -0.1) is 11.3 Å². The van der Waals surface area contributed by atoms with Gasteiger partial charge in [0.2, 0.25) is 0 Å². The van der Waals surface area contributed by atoms with Crippen LogP contribution >= 0.6 is 11.3 Å². The number of thiazole rings is 1. The number of furan rings is 1. The summed E-state index contributed by atoms with van der Waals surface area (Å²) >= 11 is 1.47. The molecular weight excluding hydrogens is 238 g/mol. The van der Waals surface area contributed by atoms with E-state index in [0.717, 1.165) is 22.0 Å². The first-order valence-corrected chi connectivity index (χ1v) is 6.23. The van der Waals surface area contributed by atoms with Crippen LogP contribution in [0.5, 0.6) is 0 Å². The fourth-order valence-electron chi connectivity index (χ4n) is 1.44. The summed E-state index contributed by atoms with van der Waals surface area (Å²) in [4.78, 5) is 15.7. The largest absolute Gasteiger partial charge is 0.466 e. The van der Waals surface area contributed by atoms with Crippen molar-refractivity contribution in [1.29, 1.82) is 0 Å². The molecule has 0 unspecified atom stereocenters. The SMILES string of the molecule is CCOC(=O)Cc1csc(-c2occc2C)n1. The maximum atomic E-state index is 11.3. The number of hydrogen-bond donors (Lipinski definition) is 0. The number of hydrogen-bond acceptors (Lipinski definition) is 5. The Labute approximate surface area is 103 Å². The maximum absolute atomic E-state index is 11.3. The Morgan fingerprint density at radius 3 is 3.06 bits per heavy atom. The molecule has 2 aromatic rings. The minimum Gasteiger partial charge on any atom is -0.466 e. The van der Waals surface area contributed by atoms with Crippen LogP contribution in [0.2, 0.25) is 0 Å². The molecule has 0 spiro atoms. The van der Waals surface area contributed by atoms with Gasteiger partial charge in [-0.05, 0) is 25.5 Å². The Morgan fingerprint density at radius 1 is 1.59 bits per heavy atom. The number of aromatic nitrogens is 1. The first-order chi connectivity index (χ1) is 8.20. The van der Waals surface area contributed by atoms with Crippen LogP contribution in [0.25, 0.3) is 10.8 Å². The van der Waals surface area contributed by atoms with E-state index in [4.69, 9.17) is 9.15 Å². The van der Waals surface area contributed by atoms with Crippen molar-refractivity contribution in [2.24, 2.45) is 0 Å². The molecule has 0 amide bonds. The van der Waals surface area contributed by atoms with Gasteiger partial charge in [0.15, 0.2) is 10.8 Å². The van der Waals surface area contributed by atoms with E-state index in [9.17, 15) is 4.79 Å².